The van der Waals surface area contributed by atoms with Crippen LogP contribution in [0.4, 0.5) is 0 Å². The van der Waals surface area contributed by atoms with Gasteiger partial charge in [0.1, 0.15) is 5.60 Å². The molecule has 148 valence electrons. The molecule has 0 aromatic heterocycles. The van der Waals surface area contributed by atoms with Gasteiger partial charge in [-0.05, 0) is 73.1 Å². The average Bonchev–Trinajstić information content (AvgIpc) is 2.46. The monoisotopic (exact) mass is 353 g/mol. The second kappa shape index (κ2) is 9.05. The van der Waals surface area contributed by atoms with Gasteiger partial charge in [-0.15, -0.1) is 0 Å². The number of nitrogens with zero attached hydrogens (tertiary/aromatic N) is 2. The first-order valence-corrected chi connectivity index (χ1v) is 9.62. The van der Waals surface area contributed by atoms with Gasteiger partial charge in [-0.25, -0.2) is 0 Å². The molecule has 0 aliphatic rings. The van der Waals surface area contributed by atoms with Crippen LogP contribution in [0.5, 0.6) is 0 Å². The molecule has 1 N–H and O–H groups in total. The zero-order valence-corrected chi connectivity index (χ0v) is 18.9. The molecule has 0 aromatic rings. The summed E-state index contributed by atoms with van der Waals surface area (Å²) in [7, 11) is 0. The zero-order valence-electron chi connectivity index (χ0n) is 18.9. The molecule has 0 saturated carbocycles. The summed E-state index contributed by atoms with van der Waals surface area (Å²) in [6.45, 7) is 25.8. The van der Waals surface area contributed by atoms with Crippen molar-refractivity contribution in [2.45, 2.75) is 107 Å². The molecule has 0 aliphatic heterocycles. The van der Waals surface area contributed by atoms with Crippen LogP contribution in [0, 0.1) is 17.3 Å². The van der Waals surface area contributed by atoms with Crippen LogP contribution >= 0.6 is 0 Å². The van der Waals surface area contributed by atoms with Crippen LogP contribution in [0.2, 0.25) is 0 Å². The lowest BCUT2D eigenvalue weighted by molar-refractivity contribution is -0.000866. The minimum absolute atomic E-state index is 0.00577. The van der Waals surface area contributed by atoms with Crippen LogP contribution in [0.15, 0.2) is 10.3 Å². The highest BCUT2D eigenvalue weighted by atomic mass is 16.6. The van der Waals surface area contributed by atoms with E-state index >= 15 is 0 Å². The molecule has 4 heteroatoms. The number of hydrogen-bond donors (Lipinski definition) is 1. The highest BCUT2D eigenvalue weighted by Gasteiger charge is 2.27. The van der Waals surface area contributed by atoms with Crippen LogP contribution < -0.4 is 5.43 Å². The fraction of sp³-hybridized carbons (Fsp3) is 0.905. The van der Waals surface area contributed by atoms with Gasteiger partial charge in [-0.2, -0.15) is 5.10 Å². The Kier molecular flexibility index (Phi) is 8.66. The first kappa shape index (κ1) is 23.9. The summed E-state index contributed by atoms with van der Waals surface area (Å²) in [5.74, 6) is 1.10. The Labute approximate surface area is 156 Å². The summed E-state index contributed by atoms with van der Waals surface area (Å²) in [5, 5.41) is 9.00. The molecule has 0 radical (unpaired) electrons. The SMILES string of the molecule is CC(=NNC(C)(C)CCC(C)(C)C(C)=NOC(C)(C)C)[C@@H](C)C(C)C. The third-order valence-corrected chi connectivity index (χ3v) is 5.00. The minimum atomic E-state index is -0.252. The molecule has 0 bridgehead atoms. The van der Waals surface area contributed by atoms with E-state index in [0.717, 1.165) is 18.6 Å². The molecule has 0 aliphatic carbocycles. The number of hydrazone groups is 1. The fourth-order valence-electron chi connectivity index (χ4n) is 2.01. The highest BCUT2D eigenvalue weighted by Crippen LogP contribution is 2.29. The molecule has 0 heterocycles. The maximum Gasteiger partial charge on any atom is 0.129 e. The van der Waals surface area contributed by atoms with E-state index in [1.807, 2.05) is 20.8 Å². The van der Waals surface area contributed by atoms with Crippen LogP contribution in [-0.2, 0) is 4.84 Å². The largest absolute Gasteiger partial charge is 0.390 e. The van der Waals surface area contributed by atoms with Crippen molar-refractivity contribution in [2.24, 2.45) is 27.5 Å². The van der Waals surface area contributed by atoms with Gasteiger partial charge in [0, 0.05) is 16.7 Å². The Balaban J connectivity index is 4.78. The summed E-state index contributed by atoms with van der Waals surface area (Å²) < 4.78 is 0. The Hall–Kier alpha value is -1.06. The average molecular weight is 354 g/mol. The lowest BCUT2D eigenvalue weighted by Crippen LogP contribution is -2.38. The van der Waals surface area contributed by atoms with Crippen LogP contribution in [0.1, 0.15) is 95.9 Å². The second-order valence-electron chi connectivity index (χ2n) is 10.0. The number of oxime groups is 1. The van der Waals surface area contributed by atoms with Gasteiger partial charge in [0.05, 0.1) is 5.71 Å². The van der Waals surface area contributed by atoms with E-state index in [1.165, 1.54) is 5.71 Å². The highest BCUT2D eigenvalue weighted by molar-refractivity contribution is 5.86. The van der Waals surface area contributed by atoms with Crippen LogP contribution in [0.3, 0.4) is 0 Å². The molecular formula is C21H43N3O. The Bertz CT molecular complexity index is 468. The maximum atomic E-state index is 5.59. The van der Waals surface area contributed by atoms with Gasteiger partial charge in [0.15, 0.2) is 0 Å². The first-order chi connectivity index (χ1) is 11.1. The smallest absolute Gasteiger partial charge is 0.129 e. The molecule has 4 nitrogen and oxygen atoms in total. The Morgan fingerprint density at radius 1 is 0.920 bits per heavy atom. The summed E-state index contributed by atoms with van der Waals surface area (Å²) in [6.07, 6.45) is 2.03. The van der Waals surface area contributed by atoms with Gasteiger partial charge in [0.2, 0.25) is 0 Å². The molecule has 0 amide bonds. The van der Waals surface area contributed by atoms with E-state index in [9.17, 15) is 0 Å². The molecule has 1 atom stereocenters. The number of nitrogens with one attached hydrogen (secondary N) is 1. The van der Waals surface area contributed by atoms with Crippen molar-refractivity contribution in [3.63, 3.8) is 0 Å². The standard InChI is InChI=1S/C21H43N3O/c1-15(2)16(3)17(4)22-24-21(11,12)14-13-20(9,10)18(5)23-25-19(6,7)8/h15-16,24H,13-14H2,1-12H3/t16-/m0/s1. The van der Waals surface area contributed by atoms with Crippen molar-refractivity contribution in [3.8, 4) is 0 Å². The van der Waals surface area contributed by atoms with Crippen molar-refractivity contribution in [3.05, 3.63) is 0 Å². The predicted octanol–water partition coefficient (Wildman–Crippen LogP) is 6.02. The Morgan fingerprint density at radius 3 is 1.88 bits per heavy atom. The van der Waals surface area contributed by atoms with E-state index in [-0.39, 0.29) is 16.6 Å². The third kappa shape index (κ3) is 9.86. The van der Waals surface area contributed by atoms with Gasteiger partial charge in [-0.3, -0.25) is 0 Å². The quantitative estimate of drug-likeness (QED) is 0.407. The van der Waals surface area contributed by atoms with Crippen molar-refractivity contribution >= 4 is 11.4 Å². The van der Waals surface area contributed by atoms with Crippen molar-refractivity contribution in [2.75, 3.05) is 0 Å². The normalized spacial score (nSPS) is 16.2. The van der Waals surface area contributed by atoms with Crippen LogP contribution in [0.25, 0.3) is 0 Å². The van der Waals surface area contributed by atoms with Crippen molar-refractivity contribution in [1.29, 1.82) is 0 Å². The maximum absolute atomic E-state index is 5.59. The van der Waals surface area contributed by atoms with Crippen LogP contribution in [-0.4, -0.2) is 22.6 Å². The van der Waals surface area contributed by atoms with E-state index in [2.05, 4.69) is 78.0 Å². The molecule has 0 aromatic carbocycles. The summed E-state index contributed by atoms with van der Waals surface area (Å²) in [5.41, 5.74) is 5.26. The molecule has 0 unspecified atom stereocenters. The molecule has 0 saturated heterocycles. The molecule has 25 heavy (non-hydrogen) atoms. The van der Waals surface area contributed by atoms with Gasteiger partial charge >= 0.3 is 0 Å². The van der Waals surface area contributed by atoms with Gasteiger partial charge < -0.3 is 10.3 Å². The molecule has 0 spiro atoms. The molecular weight excluding hydrogens is 310 g/mol. The van der Waals surface area contributed by atoms with Gasteiger partial charge in [0.25, 0.3) is 0 Å². The lowest BCUT2D eigenvalue weighted by atomic mass is 9.80. The minimum Gasteiger partial charge on any atom is -0.390 e. The lowest BCUT2D eigenvalue weighted by Gasteiger charge is -2.31. The number of rotatable bonds is 9. The Morgan fingerprint density at radius 2 is 1.44 bits per heavy atom. The fourth-order valence-corrected chi connectivity index (χ4v) is 2.01. The summed E-state index contributed by atoms with van der Waals surface area (Å²) in [6, 6.07) is 0. The van der Waals surface area contributed by atoms with Crippen molar-refractivity contribution in [1.82, 2.24) is 5.43 Å². The predicted molar refractivity (Wildman–Crippen MR) is 111 cm³/mol. The zero-order chi connectivity index (χ0) is 20.1. The van der Waals surface area contributed by atoms with E-state index < -0.39 is 0 Å². The van der Waals surface area contributed by atoms with Gasteiger partial charge in [-0.1, -0.05) is 39.8 Å². The summed E-state index contributed by atoms with van der Waals surface area (Å²) in [4.78, 5) is 5.59. The first-order valence-electron chi connectivity index (χ1n) is 9.62. The van der Waals surface area contributed by atoms with Crippen molar-refractivity contribution < 1.29 is 4.84 Å². The summed E-state index contributed by atoms with van der Waals surface area (Å²) >= 11 is 0. The number of hydrogen-bond acceptors (Lipinski definition) is 4. The topological polar surface area (TPSA) is 46.0 Å². The molecule has 0 fully saturated rings. The second-order valence-corrected chi connectivity index (χ2v) is 10.0. The van der Waals surface area contributed by atoms with E-state index in [1.54, 1.807) is 0 Å². The van der Waals surface area contributed by atoms with E-state index in [4.69, 9.17) is 4.84 Å². The third-order valence-electron chi connectivity index (χ3n) is 5.00. The molecule has 0 rings (SSSR count). The van der Waals surface area contributed by atoms with E-state index in [0.29, 0.717) is 11.8 Å².